The fourth-order valence-corrected chi connectivity index (χ4v) is 2.64. The zero-order valence-electron chi connectivity index (χ0n) is 14.1. The smallest absolute Gasteiger partial charge is 0.256 e. The molecule has 26 heavy (non-hydrogen) atoms. The van der Waals surface area contributed by atoms with Gasteiger partial charge in [0.15, 0.2) is 5.76 Å². The number of hydrogen-bond donors (Lipinski definition) is 2. The van der Waals surface area contributed by atoms with Crippen LogP contribution in [0.4, 0.5) is 5.69 Å². The number of aromatic amines is 1. The Morgan fingerprint density at radius 1 is 1.08 bits per heavy atom. The third-order valence-electron chi connectivity index (χ3n) is 4.00. The first-order valence-corrected chi connectivity index (χ1v) is 8.13. The van der Waals surface area contributed by atoms with E-state index in [0.717, 1.165) is 5.56 Å². The molecule has 6 heteroatoms. The largest absolute Gasteiger partial charge is 0.436 e. The van der Waals surface area contributed by atoms with Crippen LogP contribution in [0.3, 0.4) is 0 Å². The van der Waals surface area contributed by atoms with Gasteiger partial charge in [0.1, 0.15) is 0 Å². The minimum atomic E-state index is -0.253. The fraction of sp³-hybridized carbons (Fsp3) is 0.0500. The van der Waals surface area contributed by atoms with Crippen molar-refractivity contribution in [2.75, 3.05) is 5.32 Å². The van der Waals surface area contributed by atoms with E-state index in [1.54, 1.807) is 30.7 Å². The van der Waals surface area contributed by atoms with Gasteiger partial charge < -0.3 is 9.73 Å². The van der Waals surface area contributed by atoms with Gasteiger partial charge in [-0.2, -0.15) is 5.10 Å². The molecule has 0 aliphatic heterocycles. The SMILES string of the molecule is Cc1ccc(-c2cnc(-c3ccccc3C(=O)Nc3cn[nH]c3)o2)cc1. The molecule has 6 nitrogen and oxygen atoms in total. The first-order chi connectivity index (χ1) is 12.7. The van der Waals surface area contributed by atoms with Crippen molar-refractivity contribution in [2.24, 2.45) is 0 Å². The Kier molecular flexibility index (Phi) is 4.07. The third kappa shape index (κ3) is 3.12. The Morgan fingerprint density at radius 3 is 2.65 bits per heavy atom. The summed E-state index contributed by atoms with van der Waals surface area (Å²) in [5, 5.41) is 9.28. The first-order valence-electron chi connectivity index (χ1n) is 8.13. The number of benzene rings is 2. The van der Waals surface area contributed by atoms with Crippen LogP contribution in [-0.2, 0) is 0 Å². The van der Waals surface area contributed by atoms with Gasteiger partial charge in [-0.05, 0) is 19.1 Å². The maximum Gasteiger partial charge on any atom is 0.256 e. The number of oxazole rings is 1. The highest BCUT2D eigenvalue weighted by molar-refractivity contribution is 6.08. The van der Waals surface area contributed by atoms with Crippen LogP contribution in [0.2, 0.25) is 0 Å². The monoisotopic (exact) mass is 344 g/mol. The van der Waals surface area contributed by atoms with E-state index < -0.39 is 0 Å². The summed E-state index contributed by atoms with van der Waals surface area (Å²) in [4.78, 5) is 17.0. The number of rotatable bonds is 4. The minimum Gasteiger partial charge on any atom is -0.436 e. The van der Waals surface area contributed by atoms with E-state index >= 15 is 0 Å². The van der Waals surface area contributed by atoms with Crippen LogP contribution in [0.1, 0.15) is 15.9 Å². The van der Waals surface area contributed by atoms with Gasteiger partial charge in [-0.3, -0.25) is 9.89 Å². The minimum absolute atomic E-state index is 0.253. The van der Waals surface area contributed by atoms with Gasteiger partial charge >= 0.3 is 0 Å². The average molecular weight is 344 g/mol. The van der Waals surface area contributed by atoms with Crippen LogP contribution in [-0.4, -0.2) is 21.1 Å². The molecule has 0 atom stereocenters. The van der Waals surface area contributed by atoms with E-state index in [0.29, 0.717) is 28.5 Å². The number of carbonyl (C=O) groups is 1. The van der Waals surface area contributed by atoms with E-state index in [1.807, 2.05) is 43.3 Å². The molecule has 128 valence electrons. The molecule has 0 unspecified atom stereocenters. The molecule has 4 aromatic rings. The topological polar surface area (TPSA) is 83.8 Å². The lowest BCUT2D eigenvalue weighted by molar-refractivity contribution is 0.102. The number of hydrogen-bond acceptors (Lipinski definition) is 4. The summed E-state index contributed by atoms with van der Waals surface area (Å²) in [5.74, 6) is 0.806. The van der Waals surface area contributed by atoms with Gasteiger partial charge in [-0.1, -0.05) is 42.0 Å². The van der Waals surface area contributed by atoms with Gasteiger partial charge in [0.25, 0.3) is 5.91 Å². The molecule has 0 radical (unpaired) electrons. The highest BCUT2D eigenvalue weighted by Crippen LogP contribution is 2.28. The summed E-state index contributed by atoms with van der Waals surface area (Å²) in [6.45, 7) is 2.03. The van der Waals surface area contributed by atoms with Crippen LogP contribution in [0, 0.1) is 6.92 Å². The predicted octanol–water partition coefficient (Wildman–Crippen LogP) is 4.29. The lowest BCUT2D eigenvalue weighted by Gasteiger charge is -2.06. The van der Waals surface area contributed by atoms with E-state index in [9.17, 15) is 4.79 Å². The number of amides is 1. The second-order valence-corrected chi connectivity index (χ2v) is 5.88. The molecule has 0 aliphatic rings. The van der Waals surface area contributed by atoms with Crippen molar-refractivity contribution in [3.63, 3.8) is 0 Å². The second-order valence-electron chi connectivity index (χ2n) is 5.88. The molecule has 1 amide bonds. The zero-order chi connectivity index (χ0) is 17.9. The molecule has 0 spiro atoms. The van der Waals surface area contributed by atoms with Crippen LogP contribution in [0.5, 0.6) is 0 Å². The molecular formula is C20H16N4O2. The number of anilines is 1. The Balaban J connectivity index is 1.66. The summed E-state index contributed by atoms with van der Waals surface area (Å²) in [6, 6.07) is 15.2. The van der Waals surface area contributed by atoms with E-state index in [2.05, 4.69) is 20.5 Å². The number of aryl methyl sites for hydroxylation is 1. The number of H-pyrrole nitrogens is 1. The molecule has 4 rings (SSSR count). The maximum atomic E-state index is 12.6. The van der Waals surface area contributed by atoms with Crippen LogP contribution < -0.4 is 5.32 Å². The first kappa shape index (κ1) is 15.8. The molecule has 0 fully saturated rings. The van der Waals surface area contributed by atoms with Gasteiger partial charge in [0, 0.05) is 17.3 Å². The lowest BCUT2D eigenvalue weighted by Crippen LogP contribution is -2.12. The molecule has 2 N–H and O–H groups in total. The normalized spacial score (nSPS) is 10.7. The van der Waals surface area contributed by atoms with E-state index in [1.165, 1.54) is 5.56 Å². The molecule has 2 aromatic heterocycles. The lowest BCUT2D eigenvalue weighted by atomic mass is 10.1. The molecule has 0 saturated heterocycles. The fourth-order valence-electron chi connectivity index (χ4n) is 2.64. The van der Waals surface area contributed by atoms with Crippen molar-refractivity contribution >= 4 is 11.6 Å². The standard InChI is InChI=1S/C20H16N4O2/c1-13-6-8-14(9-7-13)18-12-21-20(26-18)17-5-3-2-4-16(17)19(25)24-15-10-22-23-11-15/h2-12H,1H3,(H,22,23)(H,24,25). The van der Waals surface area contributed by atoms with Crippen LogP contribution in [0.25, 0.3) is 22.8 Å². The number of carbonyl (C=O) groups excluding carboxylic acids is 1. The number of nitrogens with one attached hydrogen (secondary N) is 2. The third-order valence-corrected chi connectivity index (χ3v) is 4.00. The highest BCUT2D eigenvalue weighted by Gasteiger charge is 2.17. The molecule has 0 saturated carbocycles. The molecular weight excluding hydrogens is 328 g/mol. The Morgan fingerprint density at radius 2 is 1.88 bits per heavy atom. The molecule has 2 heterocycles. The van der Waals surface area contributed by atoms with Crippen molar-refractivity contribution in [1.29, 1.82) is 0 Å². The van der Waals surface area contributed by atoms with Crippen molar-refractivity contribution in [3.05, 3.63) is 78.2 Å². The quantitative estimate of drug-likeness (QED) is 0.578. The van der Waals surface area contributed by atoms with E-state index in [4.69, 9.17) is 4.42 Å². The van der Waals surface area contributed by atoms with Gasteiger partial charge in [-0.25, -0.2) is 4.98 Å². The van der Waals surface area contributed by atoms with Crippen molar-refractivity contribution in [1.82, 2.24) is 15.2 Å². The van der Waals surface area contributed by atoms with Crippen molar-refractivity contribution in [2.45, 2.75) is 6.92 Å². The summed E-state index contributed by atoms with van der Waals surface area (Å²) in [6.07, 6.45) is 4.83. The molecule has 0 bridgehead atoms. The van der Waals surface area contributed by atoms with Gasteiger partial charge in [0.2, 0.25) is 5.89 Å². The Labute approximate surface area is 149 Å². The van der Waals surface area contributed by atoms with E-state index in [-0.39, 0.29) is 5.91 Å². The summed E-state index contributed by atoms with van der Waals surface area (Å²) < 4.78 is 5.91. The Bertz CT molecular complexity index is 1030. The van der Waals surface area contributed by atoms with Crippen molar-refractivity contribution < 1.29 is 9.21 Å². The van der Waals surface area contributed by atoms with Gasteiger partial charge in [0.05, 0.1) is 23.6 Å². The predicted molar refractivity (Wildman–Crippen MR) is 98.7 cm³/mol. The zero-order valence-corrected chi connectivity index (χ0v) is 14.1. The molecule has 2 aromatic carbocycles. The highest BCUT2D eigenvalue weighted by atomic mass is 16.4. The number of nitrogens with zero attached hydrogens (tertiary/aromatic N) is 2. The summed E-state index contributed by atoms with van der Waals surface area (Å²) in [5.41, 5.74) is 3.82. The molecule has 0 aliphatic carbocycles. The second kappa shape index (κ2) is 6.68. The maximum absolute atomic E-state index is 12.6. The van der Waals surface area contributed by atoms with Crippen LogP contribution >= 0.6 is 0 Å². The van der Waals surface area contributed by atoms with Crippen molar-refractivity contribution in [3.8, 4) is 22.8 Å². The number of aromatic nitrogens is 3. The van der Waals surface area contributed by atoms with Gasteiger partial charge in [-0.15, -0.1) is 0 Å². The summed E-state index contributed by atoms with van der Waals surface area (Å²) in [7, 11) is 0. The summed E-state index contributed by atoms with van der Waals surface area (Å²) >= 11 is 0. The van der Waals surface area contributed by atoms with Crippen LogP contribution in [0.15, 0.2) is 71.5 Å². The Hall–Kier alpha value is -3.67. The average Bonchev–Trinajstić information content (AvgIpc) is 3.34.